The molecule has 3 nitrogen and oxygen atoms in total. The van der Waals surface area contributed by atoms with Crippen LogP contribution in [-0.2, 0) is 6.42 Å². The lowest BCUT2D eigenvalue weighted by Gasteiger charge is -2.03. The van der Waals surface area contributed by atoms with Gasteiger partial charge in [0.15, 0.2) is 4.77 Å². The molecule has 16 heavy (non-hydrogen) atoms. The SMILES string of the molecule is S=c1[nH]nc2n1C=Cc1c(Cl)cccc1C2. The van der Waals surface area contributed by atoms with Gasteiger partial charge in [-0.3, -0.25) is 9.67 Å². The van der Waals surface area contributed by atoms with E-state index in [2.05, 4.69) is 16.3 Å². The van der Waals surface area contributed by atoms with Gasteiger partial charge in [-0.05, 0) is 35.5 Å². The van der Waals surface area contributed by atoms with Crippen molar-refractivity contribution in [1.29, 1.82) is 0 Å². The van der Waals surface area contributed by atoms with Crippen LogP contribution in [0.4, 0.5) is 0 Å². The smallest absolute Gasteiger partial charge is 0.199 e. The van der Waals surface area contributed by atoms with Crippen molar-refractivity contribution in [3.8, 4) is 0 Å². The lowest BCUT2D eigenvalue weighted by atomic mass is 10.1. The molecule has 1 aromatic heterocycles. The molecule has 0 saturated heterocycles. The first kappa shape index (κ1) is 9.81. The van der Waals surface area contributed by atoms with Crippen LogP contribution in [0.5, 0.6) is 0 Å². The number of aromatic amines is 1. The van der Waals surface area contributed by atoms with E-state index in [1.165, 1.54) is 0 Å². The summed E-state index contributed by atoms with van der Waals surface area (Å²) < 4.78 is 2.47. The molecule has 0 bridgehead atoms. The number of halogens is 1. The van der Waals surface area contributed by atoms with Crippen LogP contribution in [0.3, 0.4) is 0 Å². The van der Waals surface area contributed by atoms with Crippen LogP contribution < -0.4 is 0 Å². The van der Waals surface area contributed by atoms with E-state index in [-0.39, 0.29) is 0 Å². The molecule has 0 radical (unpaired) electrons. The molecule has 3 rings (SSSR count). The highest BCUT2D eigenvalue weighted by Gasteiger charge is 2.12. The second-order valence-electron chi connectivity index (χ2n) is 3.62. The molecule has 0 unspecified atom stereocenters. The van der Waals surface area contributed by atoms with Gasteiger partial charge >= 0.3 is 0 Å². The van der Waals surface area contributed by atoms with E-state index in [1.807, 2.05) is 29.0 Å². The largest absolute Gasteiger partial charge is 0.279 e. The van der Waals surface area contributed by atoms with Crippen molar-refractivity contribution in [2.24, 2.45) is 0 Å². The van der Waals surface area contributed by atoms with Crippen LogP contribution in [0.2, 0.25) is 5.02 Å². The van der Waals surface area contributed by atoms with Crippen molar-refractivity contribution in [2.75, 3.05) is 0 Å². The second-order valence-corrected chi connectivity index (χ2v) is 4.41. The van der Waals surface area contributed by atoms with Crippen LogP contribution in [0.15, 0.2) is 18.2 Å². The van der Waals surface area contributed by atoms with Gasteiger partial charge in [0.25, 0.3) is 0 Å². The summed E-state index contributed by atoms with van der Waals surface area (Å²) >= 11 is 11.3. The molecule has 0 spiro atoms. The van der Waals surface area contributed by atoms with Gasteiger partial charge in [-0.15, -0.1) is 0 Å². The third-order valence-corrected chi connectivity index (χ3v) is 3.28. The van der Waals surface area contributed by atoms with Crippen molar-refractivity contribution in [3.63, 3.8) is 0 Å². The first-order valence-electron chi connectivity index (χ1n) is 4.87. The topological polar surface area (TPSA) is 33.6 Å². The number of hydrogen-bond acceptors (Lipinski definition) is 2. The van der Waals surface area contributed by atoms with Crippen LogP contribution in [0.1, 0.15) is 17.0 Å². The number of fused-ring (bicyclic) bond motifs is 2. The van der Waals surface area contributed by atoms with Gasteiger partial charge < -0.3 is 0 Å². The predicted molar refractivity (Wildman–Crippen MR) is 66.9 cm³/mol. The molecule has 1 aliphatic heterocycles. The zero-order valence-corrected chi connectivity index (χ0v) is 9.85. The molecule has 0 aliphatic carbocycles. The molecule has 0 saturated carbocycles. The minimum Gasteiger partial charge on any atom is -0.279 e. The van der Waals surface area contributed by atoms with Crippen molar-refractivity contribution < 1.29 is 0 Å². The molecule has 0 atom stereocenters. The number of nitrogens with zero attached hydrogens (tertiary/aromatic N) is 2. The number of hydrogen-bond donors (Lipinski definition) is 1. The zero-order chi connectivity index (χ0) is 11.1. The van der Waals surface area contributed by atoms with Crippen LogP contribution in [0, 0.1) is 4.77 Å². The fourth-order valence-corrected chi connectivity index (χ4v) is 2.33. The average Bonchev–Trinajstić information content (AvgIpc) is 2.50. The van der Waals surface area contributed by atoms with Gasteiger partial charge in [-0.1, -0.05) is 23.7 Å². The maximum absolute atomic E-state index is 6.15. The van der Waals surface area contributed by atoms with Gasteiger partial charge in [0.05, 0.1) is 0 Å². The summed E-state index contributed by atoms with van der Waals surface area (Å²) in [7, 11) is 0. The molecule has 5 heteroatoms. The summed E-state index contributed by atoms with van der Waals surface area (Å²) in [6.45, 7) is 0. The third-order valence-electron chi connectivity index (χ3n) is 2.66. The van der Waals surface area contributed by atoms with E-state index < -0.39 is 0 Å². The molecule has 1 N–H and O–H groups in total. The van der Waals surface area contributed by atoms with E-state index >= 15 is 0 Å². The van der Waals surface area contributed by atoms with Crippen molar-refractivity contribution >= 4 is 36.1 Å². The number of benzene rings is 1. The lowest BCUT2D eigenvalue weighted by molar-refractivity contribution is 0.938. The minimum absolute atomic E-state index is 0.607. The van der Waals surface area contributed by atoms with Crippen molar-refractivity contribution in [1.82, 2.24) is 14.8 Å². The summed E-state index contributed by atoms with van der Waals surface area (Å²) in [5.41, 5.74) is 2.21. The Balaban J connectivity index is 2.26. The Bertz CT molecular complexity index is 639. The van der Waals surface area contributed by atoms with Crippen molar-refractivity contribution in [3.05, 3.63) is 44.9 Å². The Kier molecular flexibility index (Phi) is 2.19. The first-order chi connectivity index (χ1) is 7.75. The Hall–Kier alpha value is -1.39. The molecular formula is C11H8ClN3S. The van der Waals surface area contributed by atoms with Crippen LogP contribution in [0.25, 0.3) is 12.3 Å². The highest BCUT2D eigenvalue weighted by atomic mass is 35.5. The van der Waals surface area contributed by atoms with E-state index in [9.17, 15) is 0 Å². The highest BCUT2D eigenvalue weighted by Crippen LogP contribution is 2.26. The molecule has 0 fully saturated rings. The Labute approximate surface area is 102 Å². The zero-order valence-electron chi connectivity index (χ0n) is 8.27. The molecule has 1 aliphatic rings. The van der Waals surface area contributed by atoms with Gasteiger partial charge in [-0.25, -0.2) is 0 Å². The Morgan fingerprint density at radius 3 is 3.19 bits per heavy atom. The van der Waals surface area contributed by atoms with E-state index in [0.29, 0.717) is 4.77 Å². The summed E-state index contributed by atoms with van der Waals surface area (Å²) in [5, 5.41) is 7.74. The van der Waals surface area contributed by atoms with Crippen molar-refractivity contribution in [2.45, 2.75) is 6.42 Å². The molecule has 80 valence electrons. The van der Waals surface area contributed by atoms with Crippen LogP contribution in [-0.4, -0.2) is 14.8 Å². The minimum atomic E-state index is 0.607. The van der Waals surface area contributed by atoms with E-state index in [4.69, 9.17) is 23.8 Å². The monoisotopic (exact) mass is 249 g/mol. The molecule has 2 heterocycles. The maximum Gasteiger partial charge on any atom is 0.199 e. The summed E-state index contributed by atoms with van der Waals surface area (Å²) in [5.74, 6) is 0.905. The maximum atomic E-state index is 6.15. The van der Waals surface area contributed by atoms with Gasteiger partial charge in [0, 0.05) is 17.6 Å². The number of H-pyrrole nitrogens is 1. The normalized spacial score (nSPS) is 13.1. The number of rotatable bonds is 0. The fourth-order valence-electron chi connectivity index (χ4n) is 1.86. The summed E-state index contributed by atoms with van der Waals surface area (Å²) in [6.07, 6.45) is 4.61. The van der Waals surface area contributed by atoms with E-state index in [0.717, 1.165) is 28.4 Å². The second kappa shape index (κ2) is 3.57. The van der Waals surface area contributed by atoms with Gasteiger partial charge in [0.2, 0.25) is 0 Å². The quantitative estimate of drug-likeness (QED) is 0.621. The predicted octanol–water partition coefficient (Wildman–Crippen LogP) is 3.13. The molecule has 1 aromatic carbocycles. The third kappa shape index (κ3) is 1.42. The number of nitrogens with one attached hydrogen (secondary N) is 1. The lowest BCUT2D eigenvalue weighted by Crippen LogP contribution is -1.96. The molecule has 0 amide bonds. The van der Waals surface area contributed by atoms with Gasteiger partial charge in [-0.2, -0.15) is 5.10 Å². The Morgan fingerprint density at radius 1 is 1.44 bits per heavy atom. The average molecular weight is 250 g/mol. The molecule has 2 aromatic rings. The fraction of sp³-hybridized carbons (Fsp3) is 0.0909. The number of aromatic nitrogens is 3. The van der Waals surface area contributed by atoms with Gasteiger partial charge in [0.1, 0.15) is 5.82 Å². The molecular weight excluding hydrogens is 242 g/mol. The van der Waals surface area contributed by atoms with E-state index in [1.54, 1.807) is 0 Å². The van der Waals surface area contributed by atoms with Crippen LogP contribution >= 0.6 is 23.8 Å². The summed E-state index contributed by atoms with van der Waals surface area (Å²) in [4.78, 5) is 0. The highest BCUT2D eigenvalue weighted by molar-refractivity contribution is 7.71. The standard InChI is InChI=1S/C11H8ClN3S/c12-9-3-1-2-7-6-10-13-14-11(16)15(10)5-4-8(7)9/h1-5H,6H2,(H,14,16). The Morgan fingerprint density at radius 2 is 2.31 bits per heavy atom. The first-order valence-corrected chi connectivity index (χ1v) is 5.66. The summed E-state index contributed by atoms with van der Waals surface area (Å²) in [6, 6.07) is 5.89.